The molecule has 3 aromatic rings. The van der Waals surface area contributed by atoms with Crippen LogP contribution >= 0.6 is 15.9 Å². The summed E-state index contributed by atoms with van der Waals surface area (Å²) in [6.45, 7) is 2.55. The quantitative estimate of drug-likeness (QED) is 0.299. The lowest BCUT2D eigenvalue weighted by atomic mass is 10.1. The first kappa shape index (κ1) is 28.5. The van der Waals surface area contributed by atoms with Crippen LogP contribution in [0.4, 0.5) is 30.2 Å². The lowest BCUT2D eigenvalue weighted by molar-refractivity contribution is -0.137. The summed E-state index contributed by atoms with van der Waals surface area (Å²) in [5.74, 6) is -0.792. The molecule has 1 amide bonds. The number of amides is 1. The minimum atomic E-state index is -4.68. The molecule has 0 aliphatic heterocycles. The number of nitrogens with one attached hydrogen (secondary N) is 2. The number of carbonyl (C=O) groups is 1. The third kappa shape index (κ3) is 7.24. The SMILES string of the molecule is CCN(CCOC)c1ccc(NC(=O)c2cc(Br)ccc2NS(=O)(=O)c2ccccc2)cc1C(F)(F)F. The molecule has 7 nitrogen and oxygen atoms in total. The summed E-state index contributed by atoms with van der Waals surface area (Å²) < 4.78 is 75.2. The van der Waals surface area contributed by atoms with Crippen LogP contribution < -0.4 is 14.9 Å². The standard InChI is InChI=1S/C25H25BrF3N3O4S/c1-3-32(13-14-36-2)23-12-10-18(16-21(23)25(27,28)29)30-24(33)20-15-17(26)9-11-22(20)31-37(34,35)19-7-5-4-6-8-19/h4-12,15-16,31H,3,13-14H2,1-2H3,(H,30,33). The Balaban J connectivity index is 1.94. The first-order valence-corrected chi connectivity index (χ1v) is 13.4. The molecule has 198 valence electrons. The zero-order valence-corrected chi connectivity index (χ0v) is 22.4. The van der Waals surface area contributed by atoms with E-state index < -0.39 is 27.7 Å². The second kappa shape index (κ2) is 12.0. The third-order valence-electron chi connectivity index (χ3n) is 5.37. The predicted octanol–water partition coefficient (Wildman–Crippen LogP) is 5.99. The van der Waals surface area contributed by atoms with Crippen molar-refractivity contribution in [3.05, 3.63) is 82.3 Å². The molecular formula is C25H25BrF3N3O4S. The van der Waals surface area contributed by atoms with Crippen LogP contribution in [0.1, 0.15) is 22.8 Å². The highest BCUT2D eigenvalue weighted by atomic mass is 79.9. The van der Waals surface area contributed by atoms with Crippen LogP contribution in [0.5, 0.6) is 0 Å². The molecule has 0 aliphatic carbocycles. The van der Waals surface area contributed by atoms with Gasteiger partial charge < -0.3 is 15.0 Å². The molecule has 0 heterocycles. The molecule has 0 aliphatic rings. The highest BCUT2D eigenvalue weighted by molar-refractivity contribution is 9.10. The Kier molecular flexibility index (Phi) is 9.21. The van der Waals surface area contributed by atoms with Crippen molar-refractivity contribution in [2.24, 2.45) is 0 Å². The summed E-state index contributed by atoms with van der Waals surface area (Å²) in [6.07, 6.45) is -4.68. The molecule has 0 radical (unpaired) electrons. The van der Waals surface area contributed by atoms with E-state index >= 15 is 0 Å². The fraction of sp³-hybridized carbons (Fsp3) is 0.240. The second-order valence-corrected chi connectivity index (χ2v) is 10.5. The van der Waals surface area contributed by atoms with Crippen molar-refractivity contribution in [1.29, 1.82) is 0 Å². The largest absolute Gasteiger partial charge is 0.418 e. The zero-order valence-electron chi connectivity index (χ0n) is 20.0. The van der Waals surface area contributed by atoms with Crippen LogP contribution in [0.3, 0.4) is 0 Å². The van der Waals surface area contributed by atoms with Crippen LogP contribution in [0.2, 0.25) is 0 Å². The summed E-state index contributed by atoms with van der Waals surface area (Å²) in [5, 5.41) is 2.45. The summed E-state index contributed by atoms with van der Waals surface area (Å²) >= 11 is 3.24. The van der Waals surface area contributed by atoms with Gasteiger partial charge in [-0.2, -0.15) is 13.2 Å². The molecule has 2 N–H and O–H groups in total. The van der Waals surface area contributed by atoms with E-state index in [0.717, 1.165) is 6.07 Å². The maximum Gasteiger partial charge on any atom is 0.418 e. The maximum atomic E-state index is 13.9. The molecule has 0 unspecified atom stereocenters. The monoisotopic (exact) mass is 599 g/mol. The lowest BCUT2D eigenvalue weighted by Crippen LogP contribution is -2.29. The van der Waals surface area contributed by atoms with Crippen LogP contribution in [-0.2, 0) is 20.9 Å². The molecule has 0 saturated heterocycles. The first-order valence-electron chi connectivity index (χ1n) is 11.1. The van der Waals surface area contributed by atoms with Gasteiger partial charge in [-0.1, -0.05) is 34.1 Å². The number of carbonyl (C=O) groups excluding carboxylic acids is 1. The molecule has 0 spiro atoms. The number of hydrogen-bond donors (Lipinski definition) is 2. The summed E-state index contributed by atoms with van der Waals surface area (Å²) in [7, 11) is -2.55. The number of ether oxygens (including phenoxy) is 1. The molecule has 0 aromatic heterocycles. The average molecular weight is 600 g/mol. The van der Waals surface area contributed by atoms with E-state index in [-0.39, 0.29) is 40.7 Å². The molecule has 0 fully saturated rings. The van der Waals surface area contributed by atoms with Crippen LogP contribution in [0.25, 0.3) is 0 Å². The molecule has 12 heteroatoms. The van der Waals surface area contributed by atoms with Gasteiger partial charge in [0.25, 0.3) is 15.9 Å². The maximum absolute atomic E-state index is 13.9. The molecule has 37 heavy (non-hydrogen) atoms. The van der Waals surface area contributed by atoms with Gasteiger partial charge in [0.05, 0.1) is 28.3 Å². The van der Waals surface area contributed by atoms with Gasteiger partial charge in [0.1, 0.15) is 0 Å². The van der Waals surface area contributed by atoms with Crippen LogP contribution in [0.15, 0.2) is 76.1 Å². The van der Waals surface area contributed by atoms with Crippen molar-refractivity contribution in [1.82, 2.24) is 0 Å². The van der Waals surface area contributed by atoms with Gasteiger partial charge >= 0.3 is 6.18 Å². The van der Waals surface area contributed by atoms with Gasteiger partial charge in [0.2, 0.25) is 0 Å². The number of sulfonamides is 1. The molecule has 3 aromatic carbocycles. The van der Waals surface area contributed by atoms with Crippen molar-refractivity contribution in [3.63, 3.8) is 0 Å². The predicted molar refractivity (Wildman–Crippen MR) is 141 cm³/mol. The fourth-order valence-electron chi connectivity index (χ4n) is 3.56. The Hall–Kier alpha value is -3.09. The molecule has 0 atom stereocenters. The first-order chi connectivity index (χ1) is 17.5. The number of hydrogen-bond acceptors (Lipinski definition) is 5. The van der Waals surface area contributed by atoms with Gasteiger partial charge in [0, 0.05) is 36.0 Å². The van der Waals surface area contributed by atoms with Gasteiger partial charge in [-0.25, -0.2) is 8.42 Å². The highest BCUT2D eigenvalue weighted by Crippen LogP contribution is 2.38. The minimum Gasteiger partial charge on any atom is -0.383 e. The molecular weight excluding hydrogens is 575 g/mol. The Morgan fingerprint density at radius 2 is 1.76 bits per heavy atom. The molecule has 0 saturated carbocycles. The van der Waals surface area contributed by atoms with Crippen molar-refractivity contribution >= 4 is 48.9 Å². The molecule has 3 rings (SSSR count). The minimum absolute atomic E-state index is 0.0105. The normalized spacial score (nSPS) is 11.7. The number of methoxy groups -OCH3 is 1. The Bertz CT molecular complexity index is 1350. The van der Waals surface area contributed by atoms with E-state index in [0.29, 0.717) is 11.0 Å². The number of rotatable bonds is 10. The Morgan fingerprint density at radius 3 is 2.38 bits per heavy atom. The second-order valence-electron chi connectivity index (χ2n) is 7.86. The Labute approximate surface area is 221 Å². The van der Waals surface area contributed by atoms with Crippen molar-refractivity contribution in [2.75, 3.05) is 41.7 Å². The van der Waals surface area contributed by atoms with E-state index in [4.69, 9.17) is 4.74 Å². The van der Waals surface area contributed by atoms with Crippen molar-refractivity contribution in [2.45, 2.75) is 18.0 Å². The summed E-state index contributed by atoms with van der Waals surface area (Å²) in [6, 6.07) is 15.4. The van der Waals surface area contributed by atoms with Gasteiger partial charge in [-0.05, 0) is 55.5 Å². The summed E-state index contributed by atoms with van der Waals surface area (Å²) in [5.41, 5.74) is -1.16. The van der Waals surface area contributed by atoms with Crippen molar-refractivity contribution < 1.29 is 31.1 Å². The third-order valence-corrected chi connectivity index (χ3v) is 7.25. The molecule has 0 bridgehead atoms. The summed E-state index contributed by atoms with van der Waals surface area (Å²) in [4.78, 5) is 14.6. The van der Waals surface area contributed by atoms with E-state index in [1.807, 2.05) is 0 Å². The number of benzene rings is 3. The number of likely N-dealkylation sites (N-methyl/N-ethyl adjacent to an activating group) is 1. The van der Waals surface area contributed by atoms with Gasteiger partial charge in [-0.3, -0.25) is 9.52 Å². The number of nitrogens with zero attached hydrogens (tertiary/aromatic N) is 1. The number of alkyl halides is 3. The average Bonchev–Trinajstić information content (AvgIpc) is 2.86. The van der Waals surface area contributed by atoms with E-state index in [1.165, 1.54) is 54.5 Å². The number of halogens is 4. The van der Waals surface area contributed by atoms with E-state index in [9.17, 15) is 26.4 Å². The van der Waals surface area contributed by atoms with Gasteiger partial charge in [-0.15, -0.1) is 0 Å². The highest BCUT2D eigenvalue weighted by Gasteiger charge is 2.35. The fourth-order valence-corrected chi connectivity index (χ4v) is 5.02. The Morgan fingerprint density at radius 1 is 1.05 bits per heavy atom. The smallest absolute Gasteiger partial charge is 0.383 e. The number of anilines is 3. The van der Waals surface area contributed by atoms with Crippen LogP contribution in [0, 0.1) is 0 Å². The van der Waals surface area contributed by atoms with Crippen molar-refractivity contribution in [3.8, 4) is 0 Å². The van der Waals surface area contributed by atoms with Crippen LogP contribution in [-0.4, -0.2) is 41.1 Å². The lowest BCUT2D eigenvalue weighted by Gasteiger charge is -2.26. The van der Waals surface area contributed by atoms with E-state index in [1.54, 1.807) is 25.1 Å². The van der Waals surface area contributed by atoms with Gasteiger partial charge in [0.15, 0.2) is 0 Å². The van der Waals surface area contributed by atoms with E-state index in [2.05, 4.69) is 26.0 Å². The topological polar surface area (TPSA) is 87.7 Å². The zero-order chi connectivity index (χ0) is 27.2.